The molecule has 0 bridgehead atoms. The molecule has 0 fully saturated rings. The first-order chi connectivity index (χ1) is 13.3. The Balaban J connectivity index is 1.89. The summed E-state index contributed by atoms with van der Waals surface area (Å²) >= 11 is 13.0. The van der Waals surface area contributed by atoms with Gasteiger partial charge in [-0.3, -0.25) is 9.59 Å². The molecule has 9 heteroatoms. The number of thioether (sulfide) groups is 1. The molecular weight excluding hydrogens is 423 g/mol. The lowest BCUT2D eigenvalue weighted by Gasteiger charge is -2.19. The lowest BCUT2D eigenvalue weighted by atomic mass is 10.1. The molecule has 0 saturated heterocycles. The van der Waals surface area contributed by atoms with Gasteiger partial charge in [0.15, 0.2) is 6.04 Å². The molecule has 28 heavy (non-hydrogen) atoms. The number of rotatable bonds is 8. The summed E-state index contributed by atoms with van der Waals surface area (Å²) in [4.78, 5) is 36.6. The van der Waals surface area contributed by atoms with Gasteiger partial charge in [-0.25, -0.2) is 4.79 Å². The van der Waals surface area contributed by atoms with Crippen LogP contribution in [0.5, 0.6) is 0 Å². The number of nitrogens with one attached hydrogen (secondary N) is 2. The van der Waals surface area contributed by atoms with Crippen molar-refractivity contribution in [3.8, 4) is 0 Å². The van der Waals surface area contributed by atoms with Crippen LogP contribution in [0.3, 0.4) is 0 Å². The second kappa shape index (κ2) is 10.4. The Bertz CT molecular complexity index is 864. The van der Waals surface area contributed by atoms with Crippen molar-refractivity contribution in [3.05, 3.63) is 64.1 Å². The van der Waals surface area contributed by atoms with Crippen molar-refractivity contribution in [2.45, 2.75) is 23.9 Å². The largest absolute Gasteiger partial charge is 0.479 e. The molecule has 0 aromatic heterocycles. The number of carbonyl (C=O) groups is 3. The summed E-state index contributed by atoms with van der Waals surface area (Å²) < 4.78 is 0. The van der Waals surface area contributed by atoms with E-state index in [-0.39, 0.29) is 11.7 Å². The number of hydrogen-bond acceptors (Lipinski definition) is 4. The molecule has 0 unspecified atom stereocenters. The van der Waals surface area contributed by atoms with Crippen LogP contribution < -0.4 is 10.6 Å². The molecule has 0 radical (unpaired) electrons. The van der Waals surface area contributed by atoms with E-state index in [4.69, 9.17) is 23.2 Å². The highest BCUT2D eigenvalue weighted by Crippen LogP contribution is 2.27. The molecule has 2 aromatic rings. The average molecular weight is 441 g/mol. The van der Waals surface area contributed by atoms with Crippen molar-refractivity contribution in [2.75, 3.05) is 5.75 Å². The van der Waals surface area contributed by atoms with Gasteiger partial charge in [0, 0.05) is 4.90 Å². The maximum Gasteiger partial charge on any atom is 0.330 e. The fraction of sp³-hybridized carbons (Fsp3) is 0.211. The molecule has 2 rings (SSSR count). The summed E-state index contributed by atoms with van der Waals surface area (Å²) in [7, 11) is 0. The predicted molar refractivity (Wildman–Crippen MR) is 110 cm³/mol. The number of benzene rings is 2. The van der Waals surface area contributed by atoms with Gasteiger partial charge in [-0.1, -0.05) is 53.5 Å². The minimum atomic E-state index is -1.20. The van der Waals surface area contributed by atoms with Crippen LogP contribution in [0.15, 0.2) is 53.4 Å². The van der Waals surface area contributed by atoms with Gasteiger partial charge in [-0.2, -0.15) is 0 Å². The summed E-state index contributed by atoms with van der Waals surface area (Å²) in [5.41, 5.74) is 0.442. The number of carboxylic acid groups (broad SMARTS) is 1. The first-order valence-corrected chi connectivity index (χ1v) is 9.97. The van der Waals surface area contributed by atoms with Gasteiger partial charge >= 0.3 is 5.97 Å². The van der Waals surface area contributed by atoms with Gasteiger partial charge in [0.1, 0.15) is 6.04 Å². The number of amides is 2. The third-order valence-corrected chi connectivity index (χ3v) is 5.43. The molecule has 2 amide bonds. The predicted octanol–water partition coefficient (Wildman–Crippen LogP) is 3.53. The normalized spacial score (nSPS) is 12.7. The maximum absolute atomic E-state index is 12.3. The Morgan fingerprint density at radius 3 is 2.32 bits per heavy atom. The van der Waals surface area contributed by atoms with E-state index in [0.717, 1.165) is 4.90 Å². The van der Waals surface area contributed by atoms with Crippen LogP contribution >= 0.6 is 35.0 Å². The Kier molecular flexibility index (Phi) is 8.17. The van der Waals surface area contributed by atoms with Gasteiger partial charge in [0.2, 0.25) is 11.8 Å². The van der Waals surface area contributed by atoms with Crippen LogP contribution in [0.25, 0.3) is 0 Å². The summed E-state index contributed by atoms with van der Waals surface area (Å²) in [5, 5.41) is 15.2. The number of aliphatic carboxylic acids is 1. The van der Waals surface area contributed by atoms with Gasteiger partial charge in [-0.05, 0) is 30.7 Å². The van der Waals surface area contributed by atoms with Crippen LogP contribution in [0.4, 0.5) is 0 Å². The molecule has 0 spiro atoms. The van der Waals surface area contributed by atoms with E-state index >= 15 is 0 Å². The van der Waals surface area contributed by atoms with E-state index in [1.807, 2.05) is 0 Å². The zero-order valence-corrected chi connectivity index (χ0v) is 17.1. The van der Waals surface area contributed by atoms with E-state index in [9.17, 15) is 19.5 Å². The minimum absolute atomic E-state index is 0.0661. The minimum Gasteiger partial charge on any atom is -0.479 e. The fourth-order valence-electron chi connectivity index (χ4n) is 2.26. The van der Waals surface area contributed by atoms with Crippen molar-refractivity contribution in [2.24, 2.45) is 0 Å². The summed E-state index contributed by atoms with van der Waals surface area (Å²) in [6, 6.07) is 11.3. The highest BCUT2D eigenvalue weighted by atomic mass is 35.5. The monoisotopic (exact) mass is 440 g/mol. The highest BCUT2D eigenvalue weighted by molar-refractivity contribution is 8.00. The molecule has 0 saturated carbocycles. The topological polar surface area (TPSA) is 95.5 Å². The van der Waals surface area contributed by atoms with Crippen molar-refractivity contribution in [1.29, 1.82) is 0 Å². The van der Waals surface area contributed by atoms with Crippen molar-refractivity contribution in [1.82, 2.24) is 10.6 Å². The zero-order chi connectivity index (χ0) is 20.7. The van der Waals surface area contributed by atoms with Crippen molar-refractivity contribution >= 4 is 52.7 Å². The second-order valence-corrected chi connectivity index (χ2v) is 7.71. The first kappa shape index (κ1) is 22.1. The standard InChI is InChI=1S/C19H18Cl2N2O4S/c1-11(18(25)23-17(19(26)27)12-5-3-2-4-6-12)22-16(24)10-28-13-7-8-14(20)15(21)9-13/h2-9,11,17H,10H2,1H3,(H,22,24)(H,23,25)(H,26,27)/t11-,17-/m0/s1. The summed E-state index contributed by atoms with van der Waals surface area (Å²) in [5.74, 6) is -2.08. The summed E-state index contributed by atoms with van der Waals surface area (Å²) in [6.45, 7) is 1.49. The smallest absolute Gasteiger partial charge is 0.330 e. The van der Waals surface area contributed by atoms with E-state index in [1.54, 1.807) is 48.5 Å². The number of halogens is 2. The van der Waals surface area contributed by atoms with Gasteiger partial charge < -0.3 is 15.7 Å². The molecule has 3 N–H and O–H groups in total. The second-order valence-electron chi connectivity index (χ2n) is 5.84. The molecule has 2 aromatic carbocycles. The lowest BCUT2D eigenvalue weighted by molar-refractivity contribution is -0.142. The molecule has 0 aliphatic rings. The van der Waals surface area contributed by atoms with E-state index in [2.05, 4.69) is 10.6 Å². The van der Waals surface area contributed by atoms with E-state index in [1.165, 1.54) is 18.7 Å². The van der Waals surface area contributed by atoms with Crippen molar-refractivity contribution < 1.29 is 19.5 Å². The Labute approximate surface area is 176 Å². The van der Waals surface area contributed by atoms with Gasteiger partial charge in [0.05, 0.1) is 15.8 Å². The SMILES string of the molecule is C[C@H](NC(=O)CSc1ccc(Cl)c(Cl)c1)C(=O)N[C@H](C(=O)O)c1ccccc1. The number of carboxylic acids is 1. The number of carbonyl (C=O) groups excluding carboxylic acids is 2. The third kappa shape index (κ3) is 6.44. The van der Waals surface area contributed by atoms with Crippen molar-refractivity contribution in [3.63, 3.8) is 0 Å². The van der Waals surface area contributed by atoms with Crippen LogP contribution in [0, 0.1) is 0 Å². The van der Waals surface area contributed by atoms with Crippen LogP contribution in [-0.4, -0.2) is 34.7 Å². The summed E-state index contributed by atoms with van der Waals surface area (Å²) in [6.07, 6.45) is 0. The Morgan fingerprint density at radius 2 is 1.71 bits per heavy atom. The van der Waals surface area contributed by atoms with E-state index in [0.29, 0.717) is 15.6 Å². The zero-order valence-electron chi connectivity index (χ0n) is 14.8. The van der Waals surface area contributed by atoms with Crippen LogP contribution in [0.1, 0.15) is 18.5 Å². The Hall–Kier alpha value is -2.22. The van der Waals surface area contributed by atoms with Crippen LogP contribution in [0.2, 0.25) is 10.0 Å². The van der Waals surface area contributed by atoms with E-state index < -0.39 is 24.0 Å². The Morgan fingerprint density at radius 1 is 1.04 bits per heavy atom. The highest BCUT2D eigenvalue weighted by Gasteiger charge is 2.25. The van der Waals surface area contributed by atoms with Crippen LogP contribution in [-0.2, 0) is 14.4 Å². The molecule has 0 heterocycles. The van der Waals surface area contributed by atoms with Gasteiger partial charge in [0.25, 0.3) is 0 Å². The molecule has 0 aliphatic carbocycles. The maximum atomic E-state index is 12.3. The fourth-order valence-corrected chi connectivity index (χ4v) is 3.37. The molecular formula is C19H18Cl2N2O4S. The third-order valence-electron chi connectivity index (χ3n) is 3.70. The molecule has 2 atom stereocenters. The molecule has 148 valence electrons. The molecule has 0 aliphatic heterocycles. The lowest BCUT2D eigenvalue weighted by Crippen LogP contribution is -2.47. The first-order valence-electron chi connectivity index (χ1n) is 8.23. The average Bonchev–Trinajstić information content (AvgIpc) is 2.67. The molecule has 6 nitrogen and oxygen atoms in total. The van der Waals surface area contributed by atoms with Gasteiger partial charge in [-0.15, -0.1) is 11.8 Å². The number of hydrogen-bond donors (Lipinski definition) is 3. The quantitative estimate of drug-likeness (QED) is 0.545.